The highest BCUT2D eigenvalue weighted by Gasteiger charge is 2.59. The van der Waals surface area contributed by atoms with Crippen LogP contribution in [0.5, 0.6) is 0 Å². The van der Waals surface area contributed by atoms with E-state index in [1.807, 2.05) is 42.5 Å². The van der Waals surface area contributed by atoms with Crippen molar-refractivity contribution in [1.82, 2.24) is 15.2 Å². The maximum Gasteiger partial charge on any atom is 0.490 e. The second-order valence-corrected chi connectivity index (χ2v) is 7.83. The number of β-lactam (4-membered cyclic amide) rings is 1. The first-order valence-electron chi connectivity index (χ1n) is 9.94. The fourth-order valence-electron chi connectivity index (χ4n) is 4.35. The van der Waals surface area contributed by atoms with E-state index in [9.17, 15) is 27.9 Å². The fraction of sp³-hybridized carbons (Fsp3) is 0.273. The number of carbonyl (C=O) groups is 3. The summed E-state index contributed by atoms with van der Waals surface area (Å²) in [6.07, 6.45) is 1.05. The molecule has 1 aromatic carbocycles. The summed E-state index contributed by atoms with van der Waals surface area (Å²) < 4.78 is 31.7. The van der Waals surface area contributed by atoms with Crippen molar-refractivity contribution in [2.45, 2.75) is 24.7 Å². The van der Waals surface area contributed by atoms with E-state index < -0.39 is 18.1 Å². The third-order valence-electron chi connectivity index (χ3n) is 5.79. The molecule has 1 aromatic heterocycles. The summed E-state index contributed by atoms with van der Waals surface area (Å²) in [6, 6.07) is 9.67. The number of amides is 1. The van der Waals surface area contributed by atoms with Crippen LogP contribution in [-0.4, -0.2) is 62.7 Å². The first-order valence-corrected chi connectivity index (χ1v) is 9.94. The van der Waals surface area contributed by atoms with E-state index in [-0.39, 0.29) is 29.6 Å². The Morgan fingerprint density at radius 3 is 2.55 bits per heavy atom. The number of carboxylic acids is 2. The number of carbonyl (C=O) groups excluding carboxylic acids is 1. The molecule has 172 valence electrons. The van der Waals surface area contributed by atoms with Gasteiger partial charge >= 0.3 is 18.1 Å². The molecule has 2 saturated heterocycles. The lowest BCUT2D eigenvalue weighted by atomic mass is 9.79. The standard InChI is InChI=1S/C20H17N3O3.C2HF3O2/c24-19-16-17-14(10-22-16)8-13(18(20(25)26)23(17)19)6-5-11-7-12-3-1-2-4-15(12)21-9-11;3-2(4,5)1(6)7/h1-7,9,14,16-17,22H,8,10H2,(H,25,26);(H,6,7)/b6-5+;/t14-,16+,17-;/m1./s1. The molecule has 1 amide bonds. The van der Waals surface area contributed by atoms with Crippen LogP contribution in [0, 0.1) is 5.92 Å². The van der Waals surface area contributed by atoms with Crippen LogP contribution < -0.4 is 5.32 Å². The second kappa shape index (κ2) is 8.32. The van der Waals surface area contributed by atoms with Crippen LogP contribution in [0.3, 0.4) is 0 Å². The lowest BCUT2D eigenvalue weighted by Gasteiger charge is -2.48. The Hall–Kier alpha value is -3.73. The van der Waals surface area contributed by atoms with Gasteiger partial charge in [-0.1, -0.05) is 30.4 Å². The molecule has 0 spiro atoms. The molecular formula is C22H18F3N3O5. The Balaban J connectivity index is 0.000000325. The van der Waals surface area contributed by atoms with Crippen molar-refractivity contribution < 1.29 is 37.8 Å². The molecule has 3 aliphatic heterocycles. The van der Waals surface area contributed by atoms with Gasteiger partial charge < -0.3 is 15.5 Å². The minimum atomic E-state index is -5.08. The zero-order chi connectivity index (χ0) is 23.9. The van der Waals surface area contributed by atoms with Gasteiger partial charge in [-0.15, -0.1) is 0 Å². The minimum Gasteiger partial charge on any atom is -0.477 e. The average molecular weight is 461 g/mol. The summed E-state index contributed by atoms with van der Waals surface area (Å²) in [5.74, 6) is -3.66. The molecule has 3 aliphatic rings. The Kier molecular flexibility index (Phi) is 5.66. The van der Waals surface area contributed by atoms with Gasteiger partial charge in [0.15, 0.2) is 0 Å². The van der Waals surface area contributed by atoms with Gasteiger partial charge in [0.25, 0.3) is 0 Å². The van der Waals surface area contributed by atoms with Gasteiger partial charge in [0.1, 0.15) is 11.7 Å². The molecule has 0 aliphatic carbocycles. The van der Waals surface area contributed by atoms with Crippen LogP contribution in [0.2, 0.25) is 0 Å². The number of carboxylic acid groups (broad SMARTS) is 2. The molecule has 0 saturated carbocycles. The van der Waals surface area contributed by atoms with Crippen molar-refractivity contribution in [3.8, 4) is 0 Å². The Morgan fingerprint density at radius 2 is 1.88 bits per heavy atom. The molecule has 3 atom stereocenters. The maximum absolute atomic E-state index is 12.3. The summed E-state index contributed by atoms with van der Waals surface area (Å²) in [4.78, 5) is 38.9. The van der Waals surface area contributed by atoms with E-state index in [1.54, 1.807) is 6.20 Å². The molecule has 0 unspecified atom stereocenters. The predicted octanol–water partition coefficient (Wildman–Crippen LogP) is 2.42. The van der Waals surface area contributed by atoms with Gasteiger partial charge in [0.2, 0.25) is 5.91 Å². The van der Waals surface area contributed by atoms with Gasteiger partial charge in [0.05, 0.1) is 11.6 Å². The number of nitrogens with zero attached hydrogens (tertiary/aromatic N) is 2. The SMILES string of the molecule is O=C(O)C(F)(F)F.O=C(O)C1=C(/C=C/c2cnc3ccccc3c2)C[C@@H]2CN[C@@H]3C(=O)N1[C@H]23. The largest absolute Gasteiger partial charge is 0.490 e. The predicted molar refractivity (Wildman–Crippen MR) is 110 cm³/mol. The first kappa shape index (κ1) is 22.5. The molecule has 4 heterocycles. The quantitative estimate of drug-likeness (QED) is 0.601. The summed E-state index contributed by atoms with van der Waals surface area (Å²) in [5, 5.41) is 21.0. The second-order valence-electron chi connectivity index (χ2n) is 7.83. The molecular weight excluding hydrogens is 443 g/mol. The van der Waals surface area contributed by atoms with E-state index in [1.165, 1.54) is 4.90 Å². The summed E-state index contributed by atoms with van der Waals surface area (Å²) >= 11 is 0. The van der Waals surface area contributed by atoms with Crippen LogP contribution >= 0.6 is 0 Å². The molecule has 0 bridgehead atoms. The summed E-state index contributed by atoms with van der Waals surface area (Å²) in [7, 11) is 0. The zero-order valence-electron chi connectivity index (χ0n) is 16.9. The van der Waals surface area contributed by atoms with E-state index in [0.717, 1.165) is 23.0 Å². The summed E-state index contributed by atoms with van der Waals surface area (Å²) in [6.45, 7) is 0.749. The zero-order valence-corrected chi connectivity index (χ0v) is 16.9. The number of benzene rings is 1. The van der Waals surface area contributed by atoms with Crippen LogP contribution in [0.4, 0.5) is 13.2 Å². The number of alkyl halides is 3. The number of rotatable bonds is 3. The van der Waals surface area contributed by atoms with Crippen molar-refractivity contribution in [2.24, 2.45) is 5.92 Å². The average Bonchev–Trinajstić information content (AvgIpc) is 3.17. The molecule has 0 radical (unpaired) electrons. The highest BCUT2D eigenvalue weighted by Crippen LogP contribution is 2.43. The Morgan fingerprint density at radius 1 is 1.18 bits per heavy atom. The van der Waals surface area contributed by atoms with Crippen LogP contribution in [0.1, 0.15) is 12.0 Å². The molecule has 3 N–H and O–H groups in total. The van der Waals surface area contributed by atoms with Crippen LogP contribution in [0.15, 0.2) is 53.9 Å². The number of para-hydroxylation sites is 1. The van der Waals surface area contributed by atoms with E-state index in [4.69, 9.17) is 9.90 Å². The maximum atomic E-state index is 12.3. The van der Waals surface area contributed by atoms with Crippen LogP contribution in [0.25, 0.3) is 17.0 Å². The smallest absolute Gasteiger partial charge is 0.477 e. The molecule has 11 heteroatoms. The third-order valence-corrected chi connectivity index (χ3v) is 5.79. The van der Waals surface area contributed by atoms with Crippen molar-refractivity contribution in [1.29, 1.82) is 0 Å². The van der Waals surface area contributed by atoms with Crippen molar-refractivity contribution in [2.75, 3.05) is 6.54 Å². The normalized spacial score (nSPS) is 23.8. The molecule has 8 nitrogen and oxygen atoms in total. The number of fused-ring (bicyclic) bond motifs is 1. The van der Waals surface area contributed by atoms with Crippen molar-refractivity contribution >= 4 is 34.8 Å². The number of nitrogens with one attached hydrogen (secondary N) is 1. The Labute approximate surface area is 185 Å². The Bertz CT molecular complexity index is 1210. The number of hydrogen-bond acceptors (Lipinski definition) is 5. The monoisotopic (exact) mass is 461 g/mol. The molecule has 33 heavy (non-hydrogen) atoms. The highest BCUT2D eigenvalue weighted by molar-refractivity contribution is 6.01. The minimum absolute atomic E-state index is 0.00640. The first-order chi connectivity index (χ1) is 15.6. The number of allylic oxidation sites excluding steroid dienone is 2. The molecule has 5 rings (SSSR count). The number of aromatic nitrogens is 1. The van der Waals surface area contributed by atoms with Crippen molar-refractivity contribution in [3.05, 3.63) is 59.4 Å². The van der Waals surface area contributed by atoms with E-state index >= 15 is 0 Å². The van der Waals surface area contributed by atoms with Crippen LogP contribution in [-0.2, 0) is 14.4 Å². The van der Waals surface area contributed by atoms with Gasteiger partial charge in [-0.3, -0.25) is 14.7 Å². The third kappa shape index (κ3) is 4.19. The number of aliphatic carboxylic acids is 2. The molecule has 2 fully saturated rings. The van der Waals surface area contributed by atoms with Gasteiger partial charge in [-0.25, -0.2) is 9.59 Å². The van der Waals surface area contributed by atoms with Gasteiger partial charge in [0, 0.05) is 18.1 Å². The molecule has 2 aromatic rings. The number of hydrogen-bond donors (Lipinski definition) is 3. The van der Waals surface area contributed by atoms with Gasteiger partial charge in [-0.05, 0) is 35.6 Å². The highest BCUT2D eigenvalue weighted by atomic mass is 19.4. The number of halogens is 3. The van der Waals surface area contributed by atoms with E-state index in [0.29, 0.717) is 12.0 Å². The number of pyridine rings is 1. The summed E-state index contributed by atoms with van der Waals surface area (Å²) in [5.41, 5.74) is 2.65. The lowest BCUT2D eigenvalue weighted by molar-refractivity contribution is -0.192. The van der Waals surface area contributed by atoms with Gasteiger partial charge in [-0.2, -0.15) is 13.2 Å². The van der Waals surface area contributed by atoms with Crippen molar-refractivity contribution in [3.63, 3.8) is 0 Å². The van der Waals surface area contributed by atoms with E-state index in [2.05, 4.69) is 10.3 Å². The topological polar surface area (TPSA) is 120 Å². The lowest BCUT2D eigenvalue weighted by Crippen LogP contribution is -2.68. The fourth-order valence-corrected chi connectivity index (χ4v) is 4.35.